The Labute approximate surface area is 154 Å². The first-order valence-corrected chi connectivity index (χ1v) is 8.61. The first-order chi connectivity index (χ1) is 12.7. The van der Waals surface area contributed by atoms with Crippen LogP contribution in [0.15, 0.2) is 0 Å². The maximum Gasteiger partial charge on any atom is 0.329 e. The molecule has 10 nitrogen and oxygen atoms in total. The van der Waals surface area contributed by atoms with Crippen molar-refractivity contribution in [2.24, 2.45) is 0 Å². The van der Waals surface area contributed by atoms with Crippen molar-refractivity contribution in [3.05, 3.63) is 0 Å². The lowest BCUT2D eigenvalue weighted by Crippen LogP contribution is -2.31. The van der Waals surface area contributed by atoms with Crippen LogP contribution < -0.4 is 5.32 Å². The number of ether oxygens (including phenoxy) is 6. The quantitative estimate of drug-likeness (QED) is 0.264. The zero-order valence-electron chi connectivity index (χ0n) is 15.4. The first-order valence-electron chi connectivity index (χ1n) is 8.61. The summed E-state index contributed by atoms with van der Waals surface area (Å²) in [7, 11) is 0. The van der Waals surface area contributed by atoms with Gasteiger partial charge in [-0.25, -0.2) is 4.79 Å². The number of amides is 1. The molecular formula is C16H31NO9. The van der Waals surface area contributed by atoms with Gasteiger partial charge in [-0.3, -0.25) is 4.79 Å². The molecule has 0 radical (unpaired) electrons. The number of nitrogens with one attached hydrogen (secondary N) is 1. The summed E-state index contributed by atoms with van der Waals surface area (Å²) < 4.78 is 31.0. The molecule has 0 aromatic carbocycles. The number of hydrogen-bond acceptors (Lipinski definition) is 8. The Kier molecular flexibility index (Phi) is 19.0. The van der Waals surface area contributed by atoms with Crippen LogP contribution in [0.1, 0.15) is 6.92 Å². The van der Waals surface area contributed by atoms with Crippen LogP contribution in [0.5, 0.6) is 0 Å². The molecule has 0 heterocycles. The lowest BCUT2D eigenvalue weighted by atomic mass is 10.6. The standard InChI is InChI=1S/C16H31NO9/c1-2-21-5-6-23-9-10-25-12-11-24-8-7-22-4-3-17-15(18)13-26-14-16(19)20/h2-14H2,1H3,(H,17,18)(H,19,20). The molecule has 26 heavy (non-hydrogen) atoms. The number of carboxylic acid groups (broad SMARTS) is 1. The molecular weight excluding hydrogens is 350 g/mol. The summed E-state index contributed by atoms with van der Waals surface area (Å²) in [6.07, 6.45) is 0. The Bertz CT molecular complexity index is 342. The molecule has 0 aliphatic carbocycles. The highest BCUT2D eigenvalue weighted by atomic mass is 16.6. The average Bonchev–Trinajstić information content (AvgIpc) is 2.61. The van der Waals surface area contributed by atoms with Crippen molar-refractivity contribution in [3.8, 4) is 0 Å². The third-order valence-electron chi connectivity index (χ3n) is 2.72. The predicted octanol–water partition coefficient (Wildman–Crippen LogP) is -0.693. The van der Waals surface area contributed by atoms with Crippen LogP contribution in [0, 0.1) is 0 Å². The Morgan fingerprint density at radius 2 is 1.15 bits per heavy atom. The van der Waals surface area contributed by atoms with Gasteiger partial charge in [-0.05, 0) is 6.92 Å². The number of carbonyl (C=O) groups is 2. The third-order valence-corrected chi connectivity index (χ3v) is 2.72. The van der Waals surface area contributed by atoms with Crippen LogP contribution in [-0.2, 0) is 38.0 Å². The monoisotopic (exact) mass is 381 g/mol. The van der Waals surface area contributed by atoms with Crippen molar-refractivity contribution in [2.45, 2.75) is 6.92 Å². The van der Waals surface area contributed by atoms with Crippen molar-refractivity contribution in [3.63, 3.8) is 0 Å². The van der Waals surface area contributed by atoms with Gasteiger partial charge in [0.1, 0.15) is 13.2 Å². The van der Waals surface area contributed by atoms with Crippen molar-refractivity contribution < 1.29 is 43.1 Å². The normalized spacial score (nSPS) is 10.8. The van der Waals surface area contributed by atoms with Crippen molar-refractivity contribution in [2.75, 3.05) is 85.8 Å². The highest BCUT2D eigenvalue weighted by molar-refractivity contribution is 5.77. The van der Waals surface area contributed by atoms with E-state index in [1.54, 1.807) is 0 Å². The van der Waals surface area contributed by atoms with E-state index in [9.17, 15) is 9.59 Å². The first kappa shape index (κ1) is 24.7. The van der Waals surface area contributed by atoms with E-state index >= 15 is 0 Å². The van der Waals surface area contributed by atoms with E-state index < -0.39 is 12.6 Å². The summed E-state index contributed by atoms with van der Waals surface area (Å²) in [6.45, 7) is 6.53. The molecule has 0 aliphatic heterocycles. The number of carbonyl (C=O) groups excluding carboxylic acids is 1. The fourth-order valence-electron chi connectivity index (χ4n) is 1.57. The molecule has 0 spiro atoms. The van der Waals surface area contributed by atoms with Gasteiger partial charge < -0.3 is 38.8 Å². The minimum atomic E-state index is -1.11. The molecule has 0 aromatic heterocycles. The lowest BCUT2D eigenvalue weighted by Gasteiger charge is -2.08. The second-order valence-electron chi connectivity index (χ2n) is 4.88. The van der Waals surface area contributed by atoms with Crippen molar-refractivity contribution in [1.29, 1.82) is 0 Å². The molecule has 0 bridgehead atoms. The Hall–Kier alpha value is -1.30. The number of aliphatic carboxylic acids is 1. The molecule has 0 rings (SSSR count). The fraction of sp³-hybridized carbons (Fsp3) is 0.875. The molecule has 10 heteroatoms. The summed E-state index contributed by atoms with van der Waals surface area (Å²) in [4.78, 5) is 21.4. The minimum Gasteiger partial charge on any atom is -0.480 e. The lowest BCUT2D eigenvalue weighted by molar-refractivity contribution is -0.143. The third kappa shape index (κ3) is 20.7. The van der Waals surface area contributed by atoms with Gasteiger partial charge in [0.2, 0.25) is 5.91 Å². The largest absolute Gasteiger partial charge is 0.480 e. The number of carboxylic acids is 1. The van der Waals surface area contributed by atoms with Crippen LogP contribution in [0.3, 0.4) is 0 Å². The van der Waals surface area contributed by atoms with Crippen molar-refractivity contribution in [1.82, 2.24) is 5.32 Å². The minimum absolute atomic E-state index is 0.285. The molecule has 2 N–H and O–H groups in total. The maximum absolute atomic E-state index is 11.2. The number of rotatable bonds is 20. The van der Waals surface area contributed by atoms with Crippen LogP contribution >= 0.6 is 0 Å². The van der Waals surface area contributed by atoms with Gasteiger partial charge in [0.05, 0.1) is 59.5 Å². The topological polar surface area (TPSA) is 122 Å². The molecule has 154 valence electrons. The molecule has 0 atom stereocenters. The molecule has 0 aliphatic rings. The van der Waals surface area contributed by atoms with Crippen molar-refractivity contribution >= 4 is 11.9 Å². The van der Waals surface area contributed by atoms with E-state index in [4.69, 9.17) is 28.8 Å². The van der Waals surface area contributed by atoms with Crippen LogP contribution in [0.2, 0.25) is 0 Å². The summed E-state index contributed by atoms with van der Waals surface area (Å²) in [6, 6.07) is 0. The summed E-state index contributed by atoms with van der Waals surface area (Å²) >= 11 is 0. The van der Waals surface area contributed by atoms with Crippen LogP contribution in [0.25, 0.3) is 0 Å². The Morgan fingerprint density at radius 1 is 0.692 bits per heavy atom. The molecule has 0 aromatic rings. The van der Waals surface area contributed by atoms with Crippen LogP contribution in [-0.4, -0.2) is 103 Å². The van der Waals surface area contributed by atoms with E-state index in [0.29, 0.717) is 72.6 Å². The highest BCUT2D eigenvalue weighted by Gasteiger charge is 2.02. The number of hydrogen-bond donors (Lipinski definition) is 2. The van der Waals surface area contributed by atoms with Gasteiger partial charge in [0, 0.05) is 13.2 Å². The smallest absolute Gasteiger partial charge is 0.329 e. The molecule has 0 fully saturated rings. The van der Waals surface area contributed by atoms with Crippen LogP contribution in [0.4, 0.5) is 0 Å². The predicted molar refractivity (Wildman–Crippen MR) is 91.2 cm³/mol. The SMILES string of the molecule is CCOCCOCCOCCOCCOCCNC(=O)COCC(=O)O. The van der Waals surface area contributed by atoms with E-state index in [-0.39, 0.29) is 12.5 Å². The average molecular weight is 381 g/mol. The second-order valence-corrected chi connectivity index (χ2v) is 4.88. The van der Waals surface area contributed by atoms with Gasteiger partial charge in [-0.2, -0.15) is 0 Å². The zero-order valence-corrected chi connectivity index (χ0v) is 15.4. The fourth-order valence-corrected chi connectivity index (χ4v) is 1.57. The van der Waals surface area contributed by atoms with Gasteiger partial charge in [0.15, 0.2) is 0 Å². The van der Waals surface area contributed by atoms with E-state index in [1.807, 2.05) is 6.92 Å². The zero-order chi connectivity index (χ0) is 19.3. The second kappa shape index (κ2) is 20.0. The van der Waals surface area contributed by atoms with E-state index in [0.717, 1.165) is 0 Å². The highest BCUT2D eigenvalue weighted by Crippen LogP contribution is 1.84. The van der Waals surface area contributed by atoms with E-state index in [2.05, 4.69) is 10.1 Å². The van der Waals surface area contributed by atoms with E-state index in [1.165, 1.54) is 0 Å². The summed E-state index contributed by atoms with van der Waals surface area (Å²) in [5.41, 5.74) is 0. The van der Waals surface area contributed by atoms with Gasteiger partial charge in [-0.15, -0.1) is 0 Å². The van der Waals surface area contributed by atoms with Gasteiger partial charge in [-0.1, -0.05) is 0 Å². The summed E-state index contributed by atoms with van der Waals surface area (Å²) in [5, 5.41) is 10.9. The molecule has 0 saturated heterocycles. The van der Waals surface area contributed by atoms with Gasteiger partial charge in [0.25, 0.3) is 0 Å². The summed E-state index contributed by atoms with van der Waals surface area (Å²) in [5.74, 6) is -1.50. The maximum atomic E-state index is 11.2. The molecule has 1 amide bonds. The Morgan fingerprint density at radius 3 is 1.62 bits per heavy atom. The van der Waals surface area contributed by atoms with Gasteiger partial charge >= 0.3 is 5.97 Å². The molecule has 0 saturated carbocycles. The Balaban J connectivity index is 3.11. The molecule has 0 unspecified atom stereocenters.